The van der Waals surface area contributed by atoms with Crippen LogP contribution in [0.4, 0.5) is 5.69 Å². The highest BCUT2D eigenvalue weighted by molar-refractivity contribution is 6.33. The molecule has 0 aliphatic rings. The fourth-order valence-electron chi connectivity index (χ4n) is 1.10. The van der Waals surface area contributed by atoms with Crippen molar-refractivity contribution in [1.82, 2.24) is 0 Å². The molecule has 0 atom stereocenters. The summed E-state index contributed by atoms with van der Waals surface area (Å²) in [5, 5.41) is 2.96. The fourth-order valence-corrected chi connectivity index (χ4v) is 1.28. The van der Waals surface area contributed by atoms with Crippen molar-refractivity contribution in [3.63, 3.8) is 0 Å². The first-order valence-corrected chi connectivity index (χ1v) is 5.21. The third-order valence-electron chi connectivity index (χ3n) is 1.76. The van der Waals surface area contributed by atoms with E-state index < -0.39 is 11.9 Å². The minimum atomic E-state index is -0.549. The molecule has 1 rings (SSSR count). The van der Waals surface area contributed by atoms with Gasteiger partial charge in [0.2, 0.25) is 5.91 Å². The highest BCUT2D eigenvalue weighted by Gasteiger charge is 2.11. The summed E-state index contributed by atoms with van der Waals surface area (Å²) >= 11 is 5.84. The smallest absolute Gasteiger partial charge is 0.315 e. The Morgan fingerprint density at radius 2 is 2.06 bits per heavy atom. The van der Waals surface area contributed by atoms with Crippen LogP contribution in [0.3, 0.4) is 0 Å². The maximum Gasteiger partial charge on any atom is 0.315 e. The van der Waals surface area contributed by atoms with Gasteiger partial charge in [-0.15, -0.1) is 0 Å². The molecule has 0 spiro atoms. The molecule has 5 heteroatoms. The van der Waals surface area contributed by atoms with E-state index in [1.807, 2.05) is 0 Å². The van der Waals surface area contributed by atoms with Crippen LogP contribution in [0.1, 0.15) is 13.3 Å². The van der Waals surface area contributed by atoms with Crippen LogP contribution >= 0.6 is 11.6 Å². The van der Waals surface area contributed by atoms with Gasteiger partial charge in [-0.05, 0) is 19.1 Å². The number of esters is 1. The van der Waals surface area contributed by atoms with Crippen molar-refractivity contribution in [2.24, 2.45) is 0 Å². The number of amides is 1. The van der Waals surface area contributed by atoms with Crippen molar-refractivity contribution in [1.29, 1.82) is 0 Å². The van der Waals surface area contributed by atoms with Crippen LogP contribution in [-0.4, -0.2) is 18.5 Å². The second-order valence-corrected chi connectivity index (χ2v) is 3.42. The molecule has 0 unspecified atom stereocenters. The highest BCUT2D eigenvalue weighted by Crippen LogP contribution is 2.20. The van der Waals surface area contributed by atoms with E-state index in [-0.39, 0.29) is 13.0 Å². The monoisotopic (exact) mass is 241 g/mol. The second-order valence-electron chi connectivity index (χ2n) is 3.01. The minimum absolute atomic E-state index is 0.262. The van der Waals surface area contributed by atoms with Crippen LogP contribution < -0.4 is 5.32 Å². The number of ether oxygens (including phenoxy) is 1. The van der Waals surface area contributed by atoms with Crippen LogP contribution in [0.2, 0.25) is 5.02 Å². The van der Waals surface area contributed by atoms with Gasteiger partial charge in [0.15, 0.2) is 0 Å². The second kappa shape index (κ2) is 6.12. The number of rotatable bonds is 4. The lowest BCUT2D eigenvalue weighted by molar-refractivity contribution is -0.145. The summed E-state index contributed by atoms with van der Waals surface area (Å²) in [5.41, 5.74) is 0.485. The zero-order valence-electron chi connectivity index (χ0n) is 8.83. The van der Waals surface area contributed by atoms with Gasteiger partial charge in [0.1, 0.15) is 6.42 Å². The van der Waals surface area contributed by atoms with Gasteiger partial charge >= 0.3 is 5.97 Å². The van der Waals surface area contributed by atoms with Crippen molar-refractivity contribution >= 4 is 29.2 Å². The summed E-state index contributed by atoms with van der Waals surface area (Å²) in [6.07, 6.45) is -0.306. The van der Waals surface area contributed by atoms with E-state index in [0.717, 1.165) is 0 Å². The van der Waals surface area contributed by atoms with Crippen LogP contribution in [-0.2, 0) is 14.3 Å². The molecule has 0 bridgehead atoms. The summed E-state index contributed by atoms with van der Waals surface area (Å²) in [7, 11) is 0. The van der Waals surface area contributed by atoms with E-state index in [1.165, 1.54) is 0 Å². The van der Waals surface area contributed by atoms with E-state index in [2.05, 4.69) is 10.1 Å². The molecule has 0 fully saturated rings. The Bertz CT molecular complexity index is 393. The van der Waals surface area contributed by atoms with E-state index in [0.29, 0.717) is 10.7 Å². The summed E-state index contributed by atoms with van der Waals surface area (Å²) < 4.78 is 4.65. The Balaban J connectivity index is 2.52. The minimum Gasteiger partial charge on any atom is -0.466 e. The standard InChI is InChI=1S/C11H12ClNO3/c1-2-16-11(15)7-10(14)13-9-6-4-3-5-8(9)12/h3-6H,2,7H2,1H3,(H,13,14). The van der Waals surface area contributed by atoms with Gasteiger partial charge < -0.3 is 10.1 Å². The molecule has 0 heterocycles. The Hall–Kier alpha value is -1.55. The van der Waals surface area contributed by atoms with Crippen LogP contribution in [0.15, 0.2) is 24.3 Å². The molecule has 86 valence electrons. The average Bonchev–Trinajstić information content (AvgIpc) is 2.21. The number of carbonyl (C=O) groups excluding carboxylic acids is 2. The summed E-state index contributed by atoms with van der Waals surface area (Å²) in [6, 6.07) is 6.81. The molecule has 16 heavy (non-hydrogen) atoms. The Morgan fingerprint density at radius 1 is 1.38 bits per heavy atom. The largest absolute Gasteiger partial charge is 0.466 e. The molecule has 0 aromatic heterocycles. The van der Waals surface area contributed by atoms with Crippen molar-refractivity contribution in [3.8, 4) is 0 Å². The van der Waals surface area contributed by atoms with Crippen LogP contribution in [0.5, 0.6) is 0 Å². The summed E-state index contributed by atoms with van der Waals surface area (Å²) in [6.45, 7) is 1.95. The lowest BCUT2D eigenvalue weighted by Gasteiger charge is -2.06. The molecule has 1 aromatic carbocycles. The van der Waals surface area contributed by atoms with Crippen LogP contribution in [0, 0.1) is 0 Å². The number of nitrogens with one attached hydrogen (secondary N) is 1. The number of hydrogen-bond acceptors (Lipinski definition) is 3. The molecule has 1 N–H and O–H groups in total. The average molecular weight is 242 g/mol. The molecular formula is C11H12ClNO3. The van der Waals surface area contributed by atoms with Crippen molar-refractivity contribution in [2.45, 2.75) is 13.3 Å². The first-order chi connectivity index (χ1) is 7.63. The van der Waals surface area contributed by atoms with Gasteiger partial charge in [-0.25, -0.2) is 0 Å². The van der Waals surface area contributed by atoms with Crippen molar-refractivity contribution in [3.05, 3.63) is 29.3 Å². The fraction of sp³-hybridized carbons (Fsp3) is 0.273. The lowest BCUT2D eigenvalue weighted by Crippen LogP contribution is -2.18. The van der Waals surface area contributed by atoms with E-state index in [9.17, 15) is 9.59 Å². The maximum absolute atomic E-state index is 11.4. The molecule has 0 aliphatic heterocycles. The maximum atomic E-state index is 11.4. The predicted molar refractivity (Wildman–Crippen MR) is 61.3 cm³/mol. The first-order valence-electron chi connectivity index (χ1n) is 4.83. The molecule has 1 amide bonds. The van der Waals surface area contributed by atoms with Gasteiger partial charge in [-0.2, -0.15) is 0 Å². The molecule has 0 radical (unpaired) electrons. The summed E-state index contributed by atoms with van der Waals surface area (Å²) in [4.78, 5) is 22.4. The van der Waals surface area contributed by atoms with Crippen LogP contribution in [0.25, 0.3) is 0 Å². The van der Waals surface area contributed by atoms with Gasteiger partial charge in [-0.1, -0.05) is 23.7 Å². The molecule has 0 saturated heterocycles. The van der Waals surface area contributed by atoms with Crippen molar-refractivity contribution in [2.75, 3.05) is 11.9 Å². The molecule has 1 aromatic rings. The van der Waals surface area contributed by atoms with Gasteiger partial charge in [0, 0.05) is 0 Å². The highest BCUT2D eigenvalue weighted by atomic mass is 35.5. The van der Waals surface area contributed by atoms with Gasteiger partial charge in [-0.3, -0.25) is 9.59 Å². The Kier molecular flexibility index (Phi) is 4.79. The van der Waals surface area contributed by atoms with E-state index in [1.54, 1.807) is 31.2 Å². The number of para-hydroxylation sites is 1. The topological polar surface area (TPSA) is 55.4 Å². The van der Waals surface area contributed by atoms with Crippen molar-refractivity contribution < 1.29 is 14.3 Å². The SMILES string of the molecule is CCOC(=O)CC(=O)Nc1ccccc1Cl. The lowest BCUT2D eigenvalue weighted by atomic mass is 10.3. The third kappa shape index (κ3) is 3.90. The van der Waals surface area contributed by atoms with Gasteiger partial charge in [0.25, 0.3) is 0 Å². The quantitative estimate of drug-likeness (QED) is 0.650. The number of anilines is 1. The van der Waals surface area contributed by atoms with E-state index >= 15 is 0 Å². The Morgan fingerprint density at radius 3 is 2.69 bits per heavy atom. The third-order valence-corrected chi connectivity index (χ3v) is 2.09. The molecule has 0 aliphatic carbocycles. The first kappa shape index (κ1) is 12.5. The van der Waals surface area contributed by atoms with Gasteiger partial charge in [0.05, 0.1) is 17.3 Å². The van der Waals surface area contributed by atoms with E-state index in [4.69, 9.17) is 11.6 Å². The predicted octanol–water partition coefficient (Wildman–Crippen LogP) is 2.23. The number of benzene rings is 1. The molecule has 4 nitrogen and oxygen atoms in total. The Labute approximate surface area is 98.5 Å². The number of halogens is 1. The zero-order valence-corrected chi connectivity index (χ0v) is 9.58. The molecular weight excluding hydrogens is 230 g/mol. The zero-order chi connectivity index (χ0) is 12.0. The molecule has 0 saturated carbocycles. The normalized spacial score (nSPS) is 9.62. The number of hydrogen-bond donors (Lipinski definition) is 1. The summed E-state index contributed by atoms with van der Waals surface area (Å²) in [5.74, 6) is -0.987. The number of carbonyl (C=O) groups is 2.